The molecule has 0 aromatic heterocycles. The van der Waals surface area contributed by atoms with Crippen molar-refractivity contribution in [2.24, 2.45) is 23.2 Å². The van der Waals surface area contributed by atoms with Gasteiger partial charge < -0.3 is 5.32 Å². The van der Waals surface area contributed by atoms with Gasteiger partial charge in [-0.15, -0.1) is 0 Å². The molecule has 0 spiro atoms. The molecule has 5 saturated carbocycles. The van der Waals surface area contributed by atoms with Gasteiger partial charge in [0.25, 0.3) is 0 Å². The molecule has 18 heavy (non-hydrogen) atoms. The van der Waals surface area contributed by atoms with E-state index >= 15 is 0 Å². The van der Waals surface area contributed by atoms with Gasteiger partial charge in [-0.05, 0) is 81.0 Å². The molecule has 5 fully saturated rings. The molecule has 5 aliphatic rings. The summed E-state index contributed by atoms with van der Waals surface area (Å²) < 4.78 is 0. The quantitative estimate of drug-likeness (QED) is 0.788. The van der Waals surface area contributed by atoms with Crippen molar-refractivity contribution in [3.05, 3.63) is 0 Å². The SMILES string of the molecule is CC(C)CC12CC3CC(C1)CC(NC1CC1)(C3)C2. The van der Waals surface area contributed by atoms with E-state index in [1.807, 2.05) is 0 Å². The predicted octanol–water partition coefficient (Wildman–Crippen LogP) is 4.12. The molecule has 0 aromatic carbocycles. The summed E-state index contributed by atoms with van der Waals surface area (Å²) in [5.74, 6) is 3.02. The standard InChI is InChI=1S/C17H29N/c1-12(2)6-16-7-13-5-14(8-16)10-17(9-13,11-16)18-15-3-4-15/h12-15,18H,3-11H2,1-2H3. The van der Waals surface area contributed by atoms with Crippen molar-refractivity contribution in [1.82, 2.24) is 5.32 Å². The van der Waals surface area contributed by atoms with Gasteiger partial charge >= 0.3 is 0 Å². The van der Waals surface area contributed by atoms with Gasteiger partial charge in [0.15, 0.2) is 0 Å². The minimum atomic E-state index is 0.583. The van der Waals surface area contributed by atoms with Crippen molar-refractivity contribution in [2.45, 2.75) is 83.2 Å². The average Bonchev–Trinajstić information content (AvgIpc) is 2.95. The van der Waals surface area contributed by atoms with Crippen LogP contribution >= 0.6 is 0 Å². The maximum absolute atomic E-state index is 4.10. The molecule has 1 nitrogen and oxygen atoms in total. The minimum Gasteiger partial charge on any atom is -0.308 e. The van der Waals surface area contributed by atoms with Gasteiger partial charge in [-0.25, -0.2) is 0 Å². The molecule has 0 saturated heterocycles. The van der Waals surface area contributed by atoms with E-state index in [1.54, 1.807) is 19.3 Å². The molecular formula is C17H29N. The highest BCUT2D eigenvalue weighted by Crippen LogP contribution is 2.63. The van der Waals surface area contributed by atoms with E-state index in [2.05, 4.69) is 19.2 Å². The lowest BCUT2D eigenvalue weighted by Crippen LogP contribution is -2.62. The minimum absolute atomic E-state index is 0.583. The highest BCUT2D eigenvalue weighted by molar-refractivity contribution is 5.13. The topological polar surface area (TPSA) is 12.0 Å². The van der Waals surface area contributed by atoms with Crippen molar-refractivity contribution in [2.75, 3.05) is 0 Å². The van der Waals surface area contributed by atoms with Crippen molar-refractivity contribution < 1.29 is 0 Å². The van der Waals surface area contributed by atoms with Crippen molar-refractivity contribution >= 4 is 0 Å². The fourth-order valence-electron chi connectivity index (χ4n) is 6.39. The molecule has 5 rings (SSSR count). The summed E-state index contributed by atoms with van der Waals surface area (Å²) in [6.45, 7) is 4.86. The Morgan fingerprint density at radius 2 is 1.72 bits per heavy atom. The molecule has 0 aromatic rings. The van der Waals surface area contributed by atoms with Gasteiger partial charge in [-0.3, -0.25) is 0 Å². The van der Waals surface area contributed by atoms with E-state index in [9.17, 15) is 0 Å². The van der Waals surface area contributed by atoms with E-state index in [1.165, 1.54) is 38.5 Å². The predicted molar refractivity (Wildman–Crippen MR) is 75.5 cm³/mol. The Labute approximate surface area is 112 Å². The third kappa shape index (κ3) is 1.94. The number of nitrogens with one attached hydrogen (secondary N) is 1. The Kier molecular flexibility index (Phi) is 2.45. The summed E-state index contributed by atoms with van der Waals surface area (Å²) >= 11 is 0. The van der Waals surface area contributed by atoms with Crippen LogP contribution in [0.25, 0.3) is 0 Å². The van der Waals surface area contributed by atoms with Crippen LogP contribution in [0.3, 0.4) is 0 Å². The van der Waals surface area contributed by atoms with Crippen LogP contribution in [0.4, 0.5) is 0 Å². The zero-order valence-electron chi connectivity index (χ0n) is 12.2. The highest BCUT2D eigenvalue weighted by atomic mass is 15.1. The molecule has 1 N–H and O–H groups in total. The third-order valence-corrected chi connectivity index (χ3v) is 6.11. The normalized spacial score (nSPS) is 50.2. The second-order valence-electron chi connectivity index (χ2n) is 8.76. The summed E-state index contributed by atoms with van der Waals surface area (Å²) in [5.41, 5.74) is 1.32. The van der Waals surface area contributed by atoms with Crippen LogP contribution in [0.2, 0.25) is 0 Å². The summed E-state index contributed by atoms with van der Waals surface area (Å²) in [6, 6.07) is 0.900. The first-order valence-electron chi connectivity index (χ1n) is 8.34. The van der Waals surface area contributed by atoms with Crippen LogP contribution in [0.1, 0.15) is 71.6 Å². The van der Waals surface area contributed by atoms with E-state index in [0.717, 1.165) is 29.2 Å². The summed E-state index contributed by atoms with van der Waals surface area (Å²) in [7, 11) is 0. The molecule has 2 atom stereocenters. The lowest BCUT2D eigenvalue weighted by molar-refractivity contribution is -0.0910. The number of hydrogen-bond acceptors (Lipinski definition) is 1. The number of hydrogen-bond donors (Lipinski definition) is 1. The average molecular weight is 247 g/mol. The monoisotopic (exact) mass is 247 g/mol. The molecule has 4 bridgehead atoms. The van der Waals surface area contributed by atoms with Crippen LogP contribution in [0.5, 0.6) is 0 Å². The van der Waals surface area contributed by atoms with Gasteiger partial charge in [-0.2, -0.15) is 0 Å². The van der Waals surface area contributed by atoms with Gasteiger partial charge in [0.05, 0.1) is 0 Å². The summed E-state index contributed by atoms with van der Waals surface area (Å²) in [5, 5.41) is 4.10. The van der Waals surface area contributed by atoms with E-state index < -0.39 is 0 Å². The first-order valence-corrected chi connectivity index (χ1v) is 8.34. The Balaban J connectivity index is 1.59. The van der Waals surface area contributed by atoms with Gasteiger partial charge in [0.1, 0.15) is 0 Å². The van der Waals surface area contributed by atoms with Gasteiger partial charge in [-0.1, -0.05) is 13.8 Å². The maximum Gasteiger partial charge on any atom is 0.0194 e. The van der Waals surface area contributed by atoms with E-state index in [0.29, 0.717) is 5.54 Å². The summed E-state index contributed by atoms with van der Waals surface area (Å²) in [4.78, 5) is 0. The summed E-state index contributed by atoms with van der Waals surface area (Å²) in [6.07, 6.45) is 13.6. The van der Waals surface area contributed by atoms with Crippen LogP contribution in [-0.2, 0) is 0 Å². The fraction of sp³-hybridized carbons (Fsp3) is 1.00. The second-order valence-corrected chi connectivity index (χ2v) is 8.76. The van der Waals surface area contributed by atoms with Crippen molar-refractivity contribution in [1.29, 1.82) is 0 Å². The van der Waals surface area contributed by atoms with Crippen molar-refractivity contribution in [3.8, 4) is 0 Å². The third-order valence-electron chi connectivity index (χ3n) is 6.11. The molecule has 2 unspecified atom stereocenters. The zero-order valence-corrected chi connectivity index (χ0v) is 12.2. The Morgan fingerprint density at radius 1 is 1.06 bits per heavy atom. The van der Waals surface area contributed by atoms with Gasteiger partial charge in [0.2, 0.25) is 0 Å². The van der Waals surface area contributed by atoms with Crippen LogP contribution in [-0.4, -0.2) is 11.6 Å². The molecule has 0 heterocycles. The maximum atomic E-state index is 4.10. The number of rotatable bonds is 4. The first kappa shape index (κ1) is 11.8. The van der Waals surface area contributed by atoms with Crippen molar-refractivity contribution in [3.63, 3.8) is 0 Å². The molecule has 5 aliphatic carbocycles. The Hall–Kier alpha value is -0.0400. The molecule has 0 aliphatic heterocycles. The molecular weight excluding hydrogens is 218 g/mol. The van der Waals surface area contributed by atoms with E-state index in [-0.39, 0.29) is 0 Å². The van der Waals surface area contributed by atoms with Crippen LogP contribution in [0.15, 0.2) is 0 Å². The molecule has 0 amide bonds. The Bertz CT molecular complexity index is 294. The van der Waals surface area contributed by atoms with E-state index in [4.69, 9.17) is 0 Å². The lowest BCUT2D eigenvalue weighted by Gasteiger charge is -2.63. The second kappa shape index (κ2) is 3.75. The molecule has 102 valence electrons. The zero-order chi connectivity index (χ0) is 12.4. The van der Waals surface area contributed by atoms with Crippen LogP contribution in [0, 0.1) is 23.2 Å². The molecule has 0 radical (unpaired) electrons. The Morgan fingerprint density at radius 3 is 2.28 bits per heavy atom. The highest BCUT2D eigenvalue weighted by Gasteiger charge is 2.58. The lowest BCUT2D eigenvalue weighted by atomic mass is 9.45. The smallest absolute Gasteiger partial charge is 0.0194 e. The van der Waals surface area contributed by atoms with Crippen LogP contribution < -0.4 is 5.32 Å². The molecule has 1 heteroatoms. The van der Waals surface area contributed by atoms with Gasteiger partial charge in [0, 0.05) is 11.6 Å². The first-order chi connectivity index (χ1) is 8.57. The fourth-order valence-corrected chi connectivity index (χ4v) is 6.39. The largest absolute Gasteiger partial charge is 0.308 e.